The molecule has 0 spiro atoms. The number of nitrogens with one attached hydrogen (secondary N) is 1. The van der Waals surface area contributed by atoms with E-state index in [0.29, 0.717) is 6.54 Å². The van der Waals surface area contributed by atoms with E-state index in [2.05, 4.69) is 17.2 Å². The van der Waals surface area contributed by atoms with Gasteiger partial charge in [-0.25, -0.2) is 0 Å². The van der Waals surface area contributed by atoms with Gasteiger partial charge in [0.15, 0.2) is 0 Å². The molecule has 0 saturated carbocycles. The Bertz CT molecular complexity index is 427. The van der Waals surface area contributed by atoms with Crippen LogP contribution in [0.3, 0.4) is 0 Å². The second-order valence-corrected chi connectivity index (χ2v) is 3.70. The maximum Gasteiger partial charge on any atom is 0.226 e. The number of nitrogens with two attached hydrogens (primary N) is 1. The van der Waals surface area contributed by atoms with E-state index < -0.39 is 0 Å². The molecule has 1 aromatic carbocycles. The molecule has 3 N–H and O–H groups in total. The van der Waals surface area contributed by atoms with E-state index in [0.717, 1.165) is 11.3 Å². The van der Waals surface area contributed by atoms with Crippen LogP contribution in [0.4, 0.5) is 5.69 Å². The lowest BCUT2D eigenvalue weighted by molar-refractivity contribution is -0.118. The SMILES string of the molecule is CC(C)C(=O)Nc1ccccc1C#CCN. The summed E-state index contributed by atoms with van der Waals surface area (Å²) >= 11 is 0. The second kappa shape index (κ2) is 5.94. The first-order valence-electron chi connectivity index (χ1n) is 5.24. The first-order chi connectivity index (χ1) is 7.65. The Morgan fingerprint density at radius 3 is 2.75 bits per heavy atom. The minimum absolute atomic E-state index is 0.0120. The molecule has 1 aromatic rings. The highest BCUT2D eigenvalue weighted by Crippen LogP contribution is 2.14. The number of benzene rings is 1. The first-order valence-corrected chi connectivity index (χ1v) is 5.24. The van der Waals surface area contributed by atoms with Gasteiger partial charge in [0.05, 0.1) is 12.2 Å². The zero-order valence-electron chi connectivity index (χ0n) is 9.58. The summed E-state index contributed by atoms with van der Waals surface area (Å²) in [6.45, 7) is 4.01. The lowest BCUT2D eigenvalue weighted by atomic mass is 10.1. The van der Waals surface area contributed by atoms with Crippen molar-refractivity contribution in [3.05, 3.63) is 29.8 Å². The minimum Gasteiger partial charge on any atom is -0.325 e. The van der Waals surface area contributed by atoms with Crippen molar-refractivity contribution in [2.45, 2.75) is 13.8 Å². The summed E-state index contributed by atoms with van der Waals surface area (Å²) in [5.41, 5.74) is 6.85. The van der Waals surface area contributed by atoms with Crippen molar-refractivity contribution >= 4 is 11.6 Å². The lowest BCUT2D eigenvalue weighted by Crippen LogP contribution is -2.18. The van der Waals surface area contributed by atoms with Crippen molar-refractivity contribution in [1.29, 1.82) is 0 Å². The van der Waals surface area contributed by atoms with Gasteiger partial charge in [-0.05, 0) is 12.1 Å². The van der Waals surface area contributed by atoms with Gasteiger partial charge in [-0.1, -0.05) is 37.8 Å². The smallest absolute Gasteiger partial charge is 0.226 e. The topological polar surface area (TPSA) is 55.1 Å². The van der Waals surface area contributed by atoms with Gasteiger partial charge in [0, 0.05) is 11.5 Å². The monoisotopic (exact) mass is 216 g/mol. The Hall–Kier alpha value is -1.79. The normalized spacial score (nSPS) is 9.50. The molecule has 0 aliphatic rings. The van der Waals surface area contributed by atoms with Crippen molar-refractivity contribution in [2.75, 3.05) is 11.9 Å². The highest BCUT2D eigenvalue weighted by molar-refractivity contribution is 5.93. The summed E-state index contributed by atoms with van der Waals surface area (Å²) < 4.78 is 0. The van der Waals surface area contributed by atoms with Crippen LogP contribution in [0.25, 0.3) is 0 Å². The van der Waals surface area contributed by atoms with Crippen molar-refractivity contribution in [2.24, 2.45) is 11.7 Å². The molecule has 1 rings (SSSR count). The van der Waals surface area contributed by atoms with E-state index in [4.69, 9.17) is 5.73 Å². The van der Waals surface area contributed by atoms with Crippen LogP contribution in [-0.4, -0.2) is 12.5 Å². The summed E-state index contributed by atoms with van der Waals surface area (Å²) in [5, 5.41) is 2.84. The van der Waals surface area contributed by atoms with Gasteiger partial charge < -0.3 is 11.1 Å². The van der Waals surface area contributed by atoms with E-state index in [-0.39, 0.29) is 11.8 Å². The molecular weight excluding hydrogens is 200 g/mol. The molecule has 0 aromatic heterocycles. The van der Waals surface area contributed by atoms with Crippen molar-refractivity contribution < 1.29 is 4.79 Å². The average Bonchev–Trinajstić information content (AvgIpc) is 2.27. The minimum atomic E-state index is -0.0458. The fourth-order valence-electron chi connectivity index (χ4n) is 1.12. The number of carbonyl (C=O) groups is 1. The fraction of sp³-hybridized carbons (Fsp3) is 0.308. The van der Waals surface area contributed by atoms with Gasteiger partial charge in [0.25, 0.3) is 0 Å². The maximum atomic E-state index is 11.6. The van der Waals surface area contributed by atoms with Crippen LogP contribution < -0.4 is 11.1 Å². The van der Waals surface area contributed by atoms with E-state index >= 15 is 0 Å². The molecule has 0 aliphatic heterocycles. The molecule has 0 radical (unpaired) electrons. The van der Waals surface area contributed by atoms with Gasteiger partial charge in [-0.15, -0.1) is 0 Å². The van der Waals surface area contributed by atoms with Crippen LogP contribution in [0.2, 0.25) is 0 Å². The summed E-state index contributed by atoms with van der Waals surface area (Å²) in [6.07, 6.45) is 0. The molecule has 3 nitrogen and oxygen atoms in total. The Morgan fingerprint density at radius 1 is 1.44 bits per heavy atom. The molecular formula is C13H16N2O. The number of hydrogen-bond donors (Lipinski definition) is 2. The number of carbonyl (C=O) groups excluding carboxylic acids is 1. The Kier molecular flexibility index (Phi) is 4.56. The molecule has 1 amide bonds. The van der Waals surface area contributed by atoms with Gasteiger partial charge in [0.2, 0.25) is 5.91 Å². The number of rotatable bonds is 2. The van der Waals surface area contributed by atoms with Crippen molar-refractivity contribution in [3.63, 3.8) is 0 Å². The maximum absolute atomic E-state index is 11.6. The third-order valence-corrected chi connectivity index (χ3v) is 2.03. The Balaban J connectivity index is 2.91. The molecule has 84 valence electrons. The zero-order valence-corrected chi connectivity index (χ0v) is 9.58. The summed E-state index contributed by atoms with van der Waals surface area (Å²) in [7, 11) is 0. The highest BCUT2D eigenvalue weighted by atomic mass is 16.1. The number of para-hydroxylation sites is 1. The van der Waals surface area contributed by atoms with E-state index in [1.54, 1.807) is 0 Å². The largest absolute Gasteiger partial charge is 0.325 e. The number of amides is 1. The molecule has 3 heteroatoms. The van der Waals surface area contributed by atoms with E-state index in [9.17, 15) is 4.79 Å². The lowest BCUT2D eigenvalue weighted by Gasteiger charge is -2.09. The van der Waals surface area contributed by atoms with Gasteiger partial charge in [0.1, 0.15) is 0 Å². The summed E-state index contributed by atoms with van der Waals surface area (Å²) in [4.78, 5) is 11.6. The fourth-order valence-corrected chi connectivity index (χ4v) is 1.12. The molecule has 0 fully saturated rings. The van der Waals surface area contributed by atoms with Crippen molar-refractivity contribution in [1.82, 2.24) is 0 Å². The quantitative estimate of drug-likeness (QED) is 0.738. The van der Waals surface area contributed by atoms with Crippen LogP contribution in [-0.2, 0) is 4.79 Å². The predicted octanol–water partition coefficient (Wildman–Crippen LogP) is 1.59. The number of hydrogen-bond acceptors (Lipinski definition) is 2. The van der Waals surface area contributed by atoms with Crippen molar-refractivity contribution in [3.8, 4) is 11.8 Å². The Morgan fingerprint density at radius 2 is 2.12 bits per heavy atom. The highest BCUT2D eigenvalue weighted by Gasteiger charge is 2.08. The first kappa shape index (κ1) is 12.3. The third-order valence-electron chi connectivity index (χ3n) is 2.03. The second-order valence-electron chi connectivity index (χ2n) is 3.70. The van der Waals surface area contributed by atoms with E-state index in [1.807, 2.05) is 38.1 Å². The van der Waals surface area contributed by atoms with Crippen LogP contribution in [0, 0.1) is 17.8 Å². The molecule has 0 aliphatic carbocycles. The van der Waals surface area contributed by atoms with Crippen LogP contribution in [0.5, 0.6) is 0 Å². The van der Waals surface area contributed by atoms with Gasteiger partial charge in [-0.2, -0.15) is 0 Å². The number of anilines is 1. The average molecular weight is 216 g/mol. The molecule has 0 unspecified atom stereocenters. The van der Waals surface area contributed by atoms with Crippen LogP contribution in [0.15, 0.2) is 24.3 Å². The van der Waals surface area contributed by atoms with Gasteiger partial charge in [-0.3, -0.25) is 4.79 Å². The molecule has 0 bridgehead atoms. The third kappa shape index (κ3) is 3.41. The van der Waals surface area contributed by atoms with Crippen LogP contribution >= 0.6 is 0 Å². The van der Waals surface area contributed by atoms with Crippen LogP contribution in [0.1, 0.15) is 19.4 Å². The zero-order chi connectivity index (χ0) is 12.0. The standard InChI is InChI=1S/C13H16N2O/c1-10(2)13(16)15-12-8-4-3-6-11(12)7-5-9-14/h3-4,6,8,10H,9,14H2,1-2H3,(H,15,16). The predicted molar refractivity (Wildman–Crippen MR) is 65.8 cm³/mol. The molecule has 16 heavy (non-hydrogen) atoms. The molecule has 0 atom stereocenters. The van der Waals surface area contributed by atoms with E-state index in [1.165, 1.54) is 0 Å². The molecule has 0 heterocycles. The van der Waals surface area contributed by atoms with Gasteiger partial charge >= 0.3 is 0 Å². The molecule has 0 saturated heterocycles. The summed E-state index contributed by atoms with van der Waals surface area (Å²) in [5.74, 6) is 5.64. The Labute approximate surface area is 96.0 Å². The summed E-state index contributed by atoms with van der Waals surface area (Å²) in [6, 6.07) is 7.44.